The second kappa shape index (κ2) is 7.00. The van der Waals surface area contributed by atoms with Crippen LogP contribution in [0.4, 0.5) is 10.1 Å². The Morgan fingerprint density at radius 3 is 2.70 bits per heavy atom. The van der Waals surface area contributed by atoms with Gasteiger partial charge in [0.25, 0.3) is 0 Å². The van der Waals surface area contributed by atoms with Crippen molar-refractivity contribution in [2.45, 2.75) is 13.8 Å². The highest BCUT2D eigenvalue weighted by Crippen LogP contribution is 2.15. The topological polar surface area (TPSA) is 69.6 Å². The molecule has 110 valence electrons. The van der Waals surface area contributed by atoms with Crippen LogP contribution in [-0.4, -0.2) is 42.0 Å². The second-order valence-corrected chi connectivity index (χ2v) is 4.94. The monoisotopic (exact) mass is 282 g/mol. The van der Waals surface area contributed by atoms with Crippen LogP contribution in [0.2, 0.25) is 0 Å². The van der Waals surface area contributed by atoms with Crippen LogP contribution in [0, 0.1) is 18.7 Å². The quantitative estimate of drug-likeness (QED) is 0.833. The van der Waals surface area contributed by atoms with Gasteiger partial charge in [-0.05, 0) is 31.7 Å². The molecule has 1 aromatic carbocycles. The summed E-state index contributed by atoms with van der Waals surface area (Å²) in [6.07, 6.45) is 0. The Balaban J connectivity index is 2.55. The zero-order valence-corrected chi connectivity index (χ0v) is 11.8. The van der Waals surface area contributed by atoms with Crippen LogP contribution >= 0.6 is 0 Å². The Labute approximate surface area is 117 Å². The van der Waals surface area contributed by atoms with Gasteiger partial charge in [-0.3, -0.25) is 14.5 Å². The summed E-state index contributed by atoms with van der Waals surface area (Å²) < 4.78 is 13.1. The van der Waals surface area contributed by atoms with Gasteiger partial charge in [0.15, 0.2) is 0 Å². The second-order valence-electron chi connectivity index (χ2n) is 4.94. The summed E-state index contributed by atoms with van der Waals surface area (Å²) >= 11 is 0. The first-order valence-corrected chi connectivity index (χ1v) is 6.27. The lowest BCUT2D eigenvalue weighted by Gasteiger charge is -2.18. The first-order valence-electron chi connectivity index (χ1n) is 6.27. The summed E-state index contributed by atoms with van der Waals surface area (Å²) in [5.74, 6) is -2.18. The number of halogens is 1. The van der Waals surface area contributed by atoms with E-state index < -0.39 is 17.7 Å². The van der Waals surface area contributed by atoms with E-state index in [1.54, 1.807) is 31.9 Å². The molecule has 2 N–H and O–H groups in total. The summed E-state index contributed by atoms with van der Waals surface area (Å²) in [5, 5.41) is 11.4. The molecule has 1 unspecified atom stereocenters. The smallest absolute Gasteiger partial charge is 0.307 e. The minimum Gasteiger partial charge on any atom is -0.481 e. The summed E-state index contributed by atoms with van der Waals surface area (Å²) in [6.45, 7) is 3.66. The van der Waals surface area contributed by atoms with Gasteiger partial charge in [0.1, 0.15) is 5.82 Å². The number of benzene rings is 1. The van der Waals surface area contributed by atoms with E-state index in [1.165, 1.54) is 12.1 Å². The maximum Gasteiger partial charge on any atom is 0.307 e. The van der Waals surface area contributed by atoms with Gasteiger partial charge in [0.05, 0.1) is 12.5 Å². The van der Waals surface area contributed by atoms with E-state index in [0.29, 0.717) is 5.69 Å². The largest absolute Gasteiger partial charge is 0.481 e. The third kappa shape index (κ3) is 4.97. The maximum absolute atomic E-state index is 13.1. The van der Waals surface area contributed by atoms with E-state index in [4.69, 9.17) is 5.11 Å². The van der Waals surface area contributed by atoms with Gasteiger partial charge in [0.2, 0.25) is 5.91 Å². The van der Waals surface area contributed by atoms with Gasteiger partial charge in [-0.15, -0.1) is 0 Å². The highest BCUT2D eigenvalue weighted by Gasteiger charge is 2.15. The fourth-order valence-electron chi connectivity index (χ4n) is 1.77. The molecule has 5 nitrogen and oxygen atoms in total. The molecule has 0 fully saturated rings. The van der Waals surface area contributed by atoms with Crippen molar-refractivity contribution < 1.29 is 19.1 Å². The highest BCUT2D eigenvalue weighted by atomic mass is 19.1. The lowest BCUT2D eigenvalue weighted by molar-refractivity contribution is -0.141. The Bertz CT molecular complexity index is 505. The van der Waals surface area contributed by atoms with Crippen molar-refractivity contribution in [2.75, 3.05) is 25.5 Å². The molecule has 1 atom stereocenters. The number of aryl methyl sites for hydroxylation is 1. The van der Waals surface area contributed by atoms with E-state index >= 15 is 0 Å². The van der Waals surface area contributed by atoms with Gasteiger partial charge >= 0.3 is 5.97 Å². The molecule has 0 heterocycles. The average molecular weight is 282 g/mol. The third-order valence-electron chi connectivity index (χ3n) is 2.89. The maximum atomic E-state index is 13.1. The molecule has 0 aliphatic heterocycles. The number of nitrogens with zero attached hydrogens (tertiary/aromatic N) is 1. The van der Waals surface area contributed by atoms with Crippen LogP contribution < -0.4 is 5.32 Å². The molecule has 1 amide bonds. The van der Waals surface area contributed by atoms with Gasteiger partial charge in [-0.1, -0.05) is 13.0 Å². The van der Waals surface area contributed by atoms with Crippen molar-refractivity contribution in [3.05, 3.63) is 29.6 Å². The standard InChI is InChI=1S/C14H19FN2O3/c1-9-4-5-11(15)6-12(9)16-13(18)8-17(3)7-10(2)14(19)20/h4-6,10H,7-8H2,1-3H3,(H,16,18)(H,19,20). The number of rotatable bonds is 6. The molecule has 0 aromatic heterocycles. The molecule has 1 aromatic rings. The Hall–Kier alpha value is -1.95. The van der Waals surface area contributed by atoms with Crippen LogP contribution in [-0.2, 0) is 9.59 Å². The van der Waals surface area contributed by atoms with Crippen molar-refractivity contribution in [3.63, 3.8) is 0 Å². The van der Waals surface area contributed by atoms with E-state index in [-0.39, 0.29) is 19.0 Å². The normalized spacial score (nSPS) is 12.2. The number of hydrogen-bond donors (Lipinski definition) is 2. The molecular formula is C14H19FN2O3. The summed E-state index contributed by atoms with van der Waals surface area (Å²) in [4.78, 5) is 24.2. The van der Waals surface area contributed by atoms with Gasteiger partial charge in [-0.25, -0.2) is 4.39 Å². The van der Waals surface area contributed by atoms with Crippen LogP contribution in [0.5, 0.6) is 0 Å². The number of carbonyl (C=O) groups excluding carboxylic acids is 1. The molecule has 0 saturated heterocycles. The number of carbonyl (C=O) groups is 2. The molecule has 0 aliphatic carbocycles. The summed E-state index contributed by atoms with van der Waals surface area (Å²) in [6, 6.07) is 4.17. The van der Waals surface area contributed by atoms with E-state index in [9.17, 15) is 14.0 Å². The Kier molecular flexibility index (Phi) is 5.64. The van der Waals surface area contributed by atoms with Crippen molar-refractivity contribution >= 4 is 17.6 Å². The molecule has 0 bridgehead atoms. The minimum atomic E-state index is -0.904. The lowest BCUT2D eigenvalue weighted by Crippen LogP contribution is -2.35. The Morgan fingerprint density at radius 1 is 1.45 bits per heavy atom. The van der Waals surface area contributed by atoms with Crippen molar-refractivity contribution in [1.29, 1.82) is 0 Å². The number of aliphatic carboxylic acids is 1. The molecule has 0 radical (unpaired) electrons. The zero-order chi connectivity index (χ0) is 15.3. The lowest BCUT2D eigenvalue weighted by atomic mass is 10.2. The van der Waals surface area contributed by atoms with Crippen molar-refractivity contribution in [2.24, 2.45) is 5.92 Å². The number of hydrogen-bond acceptors (Lipinski definition) is 3. The van der Waals surface area contributed by atoms with Crippen LogP contribution in [0.3, 0.4) is 0 Å². The zero-order valence-electron chi connectivity index (χ0n) is 11.8. The first-order chi connectivity index (χ1) is 9.29. The average Bonchev–Trinajstić information content (AvgIpc) is 2.33. The van der Waals surface area contributed by atoms with Crippen molar-refractivity contribution in [1.82, 2.24) is 4.90 Å². The number of likely N-dealkylation sites (N-methyl/N-ethyl adjacent to an activating group) is 1. The number of nitrogens with one attached hydrogen (secondary N) is 1. The highest BCUT2D eigenvalue weighted by molar-refractivity contribution is 5.92. The van der Waals surface area contributed by atoms with Crippen LogP contribution in [0.15, 0.2) is 18.2 Å². The molecule has 0 spiro atoms. The fraction of sp³-hybridized carbons (Fsp3) is 0.429. The predicted molar refractivity (Wildman–Crippen MR) is 74.1 cm³/mol. The molecule has 1 rings (SSSR count). The van der Waals surface area contributed by atoms with Gasteiger partial charge < -0.3 is 10.4 Å². The third-order valence-corrected chi connectivity index (χ3v) is 2.89. The number of anilines is 1. The number of carboxylic acid groups (broad SMARTS) is 1. The molecule has 6 heteroatoms. The number of amides is 1. The van der Waals surface area contributed by atoms with E-state index in [1.807, 2.05) is 0 Å². The van der Waals surface area contributed by atoms with Gasteiger partial charge in [0, 0.05) is 12.2 Å². The number of carboxylic acids is 1. The first kappa shape index (κ1) is 16.1. The van der Waals surface area contributed by atoms with E-state index in [2.05, 4.69) is 5.32 Å². The summed E-state index contributed by atoms with van der Waals surface area (Å²) in [7, 11) is 1.66. The summed E-state index contributed by atoms with van der Waals surface area (Å²) in [5.41, 5.74) is 1.19. The van der Waals surface area contributed by atoms with Crippen LogP contribution in [0.25, 0.3) is 0 Å². The van der Waals surface area contributed by atoms with E-state index in [0.717, 1.165) is 5.56 Å². The minimum absolute atomic E-state index is 0.0492. The molecular weight excluding hydrogens is 263 g/mol. The fourth-order valence-corrected chi connectivity index (χ4v) is 1.77. The molecule has 0 aliphatic rings. The van der Waals surface area contributed by atoms with Crippen LogP contribution in [0.1, 0.15) is 12.5 Å². The molecule has 20 heavy (non-hydrogen) atoms. The SMILES string of the molecule is Cc1ccc(F)cc1NC(=O)CN(C)CC(C)C(=O)O. The van der Waals surface area contributed by atoms with Crippen molar-refractivity contribution in [3.8, 4) is 0 Å². The predicted octanol–water partition coefficient (Wildman–Crippen LogP) is 1.73. The Morgan fingerprint density at radius 2 is 2.10 bits per heavy atom. The van der Waals surface area contributed by atoms with Gasteiger partial charge in [-0.2, -0.15) is 0 Å². The molecule has 0 saturated carbocycles.